The Hall–Kier alpha value is -1.26. The third-order valence-corrected chi connectivity index (χ3v) is 4.86. The van der Waals surface area contributed by atoms with Gasteiger partial charge in [-0.1, -0.05) is 18.5 Å². The molecule has 2 N–H and O–H groups in total. The number of benzene rings is 1. The van der Waals surface area contributed by atoms with Crippen LogP contribution in [0.25, 0.3) is 0 Å². The first-order chi connectivity index (χ1) is 10.6. The van der Waals surface area contributed by atoms with Crippen LogP contribution in [0.3, 0.4) is 0 Å². The van der Waals surface area contributed by atoms with E-state index in [0.717, 1.165) is 18.9 Å². The molecule has 1 saturated heterocycles. The molecule has 0 bridgehead atoms. The van der Waals surface area contributed by atoms with Crippen LogP contribution >= 0.6 is 11.6 Å². The summed E-state index contributed by atoms with van der Waals surface area (Å²) in [7, 11) is 0. The minimum Gasteiger partial charge on any atom is -0.492 e. The zero-order valence-electron chi connectivity index (χ0n) is 12.9. The molecule has 22 heavy (non-hydrogen) atoms. The number of hydrogen-bond acceptors (Lipinski definition) is 3. The molecule has 1 aromatic rings. The summed E-state index contributed by atoms with van der Waals surface area (Å²) in [6.45, 7) is 4.08. The average molecular weight is 323 g/mol. The second kappa shape index (κ2) is 6.47. The van der Waals surface area contributed by atoms with E-state index in [1.54, 1.807) is 18.2 Å². The van der Waals surface area contributed by atoms with Gasteiger partial charge in [0.15, 0.2) is 0 Å². The first-order valence-electron chi connectivity index (χ1n) is 8.07. The van der Waals surface area contributed by atoms with E-state index in [4.69, 9.17) is 22.1 Å². The molecule has 1 aliphatic heterocycles. The number of halogens is 1. The van der Waals surface area contributed by atoms with Crippen LogP contribution < -0.4 is 10.5 Å². The predicted octanol–water partition coefficient (Wildman–Crippen LogP) is 2.94. The monoisotopic (exact) mass is 322 g/mol. The van der Waals surface area contributed by atoms with E-state index in [9.17, 15) is 4.79 Å². The molecule has 0 radical (unpaired) electrons. The third-order valence-electron chi connectivity index (χ3n) is 4.57. The zero-order chi connectivity index (χ0) is 15.7. The maximum Gasteiger partial charge on any atom is 0.253 e. The van der Waals surface area contributed by atoms with Crippen LogP contribution in [0.15, 0.2) is 18.2 Å². The highest BCUT2D eigenvalue weighted by Gasteiger charge is 2.42. The minimum atomic E-state index is 0.0162. The number of nitrogens with zero attached hydrogens (tertiary/aromatic N) is 1. The Morgan fingerprint density at radius 3 is 2.82 bits per heavy atom. The summed E-state index contributed by atoms with van der Waals surface area (Å²) in [5, 5.41) is 0.488. The summed E-state index contributed by atoms with van der Waals surface area (Å²) in [4.78, 5) is 14.5. The summed E-state index contributed by atoms with van der Waals surface area (Å²) < 4.78 is 5.54. The lowest BCUT2D eigenvalue weighted by molar-refractivity contribution is 0.0785. The Labute approximate surface area is 136 Å². The fourth-order valence-electron chi connectivity index (χ4n) is 3.19. The van der Waals surface area contributed by atoms with E-state index in [1.165, 1.54) is 12.8 Å². The van der Waals surface area contributed by atoms with Crippen LogP contribution in [0.5, 0.6) is 5.75 Å². The number of carbonyl (C=O) groups is 1. The molecule has 1 aromatic carbocycles. The molecule has 1 saturated carbocycles. The lowest BCUT2D eigenvalue weighted by atomic mass is 9.99. The van der Waals surface area contributed by atoms with Gasteiger partial charge in [-0.3, -0.25) is 4.79 Å². The van der Waals surface area contributed by atoms with Crippen molar-refractivity contribution in [2.24, 2.45) is 17.6 Å². The second-order valence-corrected chi connectivity index (χ2v) is 6.78. The number of ether oxygens (including phenoxy) is 1. The lowest BCUT2D eigenvalue weighted by Gasteiger charge is -2.17. The number of rotatable bonds is 5. The van der Waals surface area contributed by atoms with Gasteiger partial charge in [-0.15, -0.1) is 0 Å². The van der Waals surface area contributed by atoms with Crippen molar-refractivity contribution in [2.75, 3.05) is 19.7 Å². The van der Waals surface area contributed by atoms with E-state index in [1.807, 2.05) is 11.8 Å². The number of amides is 1. The molecule has 1 aliphatic carbocycles. The van der Waals surface area contributed by atoms with Crippen LogP contribution in [0, 0.1) is 11.8 Å². The maximum absolute atomic E-state index is 12.6. The highest BCUT2D eigenvalue weighted by atomic mass is 35.5. The van der Waals surface area contributed by atoms with E-state index in [2.05, 4.69) is 0 Å². The first kappa shape index (κ1) is 15.6. The summed E-state index contributed by atoms with van der Waals surface area (Å²) in [5.74, 6) is 1.84. The van der Waals surface area contributed by atoms with E-state index in [0.29, 0.717) is 35.4 Å². The molecule has 2 aliphatic rings. The molecule has 2 fully saturated rings. The van der Waals surface area contributed by atoms with Crippen molar-refractivity contribution in [3.63, 3.8) is 0 Å². The van der Waals surface area contributed by atoms with Gasteiger partial charge < -0.3 is 15.4 Å². The molecule has 4 nitrogen and oxygen atoms in total. The van der Waals surface area contributed by atoms with Gasteiger partial charge in [0.2, 0.25) is 0 Å². The highest BCUT2D eigenvalue weighted by Crippen LogP contribution is 2.41. The number of nitrogens with two attached hydrogens (primary N) is 1. The van der Waals surface area contributed by atoms with Gasteiger partial charge in [0.05, 0.1) is 11.6 Å². The molecule has 0 aromatic heterocycles. The van der Waals surface area contributed by atoms with Gasteiger partial charge in [-0.05, 0) is 49.3 Å². The van der Waals surface area contributed by atoms with Crippen molar-refractivity contribution >= 4 is 17.5 Å². The number of carbonyl (C=O) groups excluding carboxylic acids is 1. The predicted molar refractivity (Wildman–Crippen MR) is 87.3 cm³/mol. The smallest absolute Gasteiger partial charge is 0.253 e. The van der Waals surface area contributed by atoms with Crippen molar-refractivity contribution in [1.29, 1.82) is 0 Å². The third kappa shape index (κ3) is 3.23. The molecule has 2 unspecified atom stereocenters. The van der Waals surface area contributed by atoms with Crippen molar-refractivity contribution < 1.29 is 9.53 Å². The molecule has 5 heteroatoms. The Bertz CT molecular complexity index is 560. The van der Waals surface area contributed by atoms with Crippen molar-refractivity contribution in [3.05, 3.63) is 28.8 Å². The molecule has 120 valence electrons. The van der Waals surface area contributed by atoms with Gasteiger partial charge >= 0.3 is 0 Å². The largest absolute Gasteiger partial charge is 0.492 e. The fourth-order valence-corrected chi connectivity index (χ4v) is 3.42. The van der Waals surface area contributed by atoms with Gasteiger partial charge in [0.25, 0.3) is 5.91 Å². The normalized spacial score (nSPS) is 24.6. The van der Waals surface area contributed by atoms with Crippen LogP contribution in [0.2, 0.25) is 5.02 Å². The summed E-state index contributed by atoms with van der Waals surface area (Å²) in [5.41, 5.74) is 6.80. The second-order valence-electron chi connectivity index (χ2n) is 6.37. The average Bonchev–Trinajstić information content (AvgIpc) is 3.28. The molecule has 3 rings (SSSR count). The van der Waals surface area contributed by atoms with Crippen LogP contribution in [-0.4, -0.2) is 36.5 Å². The van der Waals surface area contributed by atoms with E-state index in [-0.39, 0.29) is 11.9 Å². The lowest BCUT2D eigenvalue weighted by Crippen LogP contribution is -2.32. The molecular weight excluding hydrogens is 300 g/mol. The molecule has 0 spiro atoms. The van der Waals surface area contributed by atoms with Gasteiger partial charge in [0.1, 0.15) is 5.75 Å². The molecular formula is C17H23ClN2O2. The van der Waals surface area contributed by atoms with Gasteiger partial charge in [-0.25, -0.2) is 0 Å². The fraction of sp³-hybridized carbons (Fsp3) is 0.588. The summed E-state index contributed by atoms with van der Waals surface area (Å²) in [6.07, 6.45) is 3.44. The van der Waals surface area contributed by atoms with Gasteiger partial charge in [-0.2, -0.15) is 0 Å². The summed E-state index contributed by atoms with van der Waals surface area (Å²) in [6, 6.07) is 5.37. The Balaban J connectivity index is 1.68. The van der Waals surface area contributed by atoms with Gasteiger partial charge in [0, 0.05) is 24.7 Å². The highest BCUT2D eigenvalue weighted by molar-refractivity contribution is 6.32. The molecule has 2 atom stereocenters. The number of likely N-dealkylation sites (tertiary alicyclic amines) is 1. The number of hydrogen-bond donors (Lipinski definition) is 1. The molecule has 1 amide bonds. The Morgan fingerprint density at radius 1 is 1.41 bits per heavy atom. The van der Waals surface area contributed by atoms with Crippen LogP contribution in [0.4, 0.5) is 0 Å². The van der Waals surface area contributed by atoms with Crippen molar-refractivity contribution in [3.8, 4) is 5.75 Å². The summed E-state index contributed by atoms with van der Waals surface area (Å²) >= 11 is 6.21. The topological polar surface area (TPSA) is 55.6 Å². The van der Waals surface area contributed by atoms with Crippen LogP contribution in [0.1, 0.15) is 36.5 Å². The van der Waals surface area contributed by atoms with E-state index < -0.39 is 0 Å². The maximum atomic E-state index is 12.6. The first-order valence-corrected chi connectivity index (χ1v) is 8.45. The standard InChI is InChI=1S/C17H23ClN2O2/c1-2-7-22-16-6-5-12(8-14(16)18)17(21)20-9-13(11-3-4-11)15(19)10-20/h5-6,8,11,13,15H,2-4,7,9-10,19H2,1H3. The minimum absolute atomic E-state index is 0.0162. The Morgan fingerprint density at radius 2 is 2.18 bits per heavy atom. The SMILES string of the molecule is CCCOc1ccc(C(=O)N2CC(N)C(C3CC3)C2)cc1Cl. The van der Waals surface area contributed by atoms with E-state index >= 15 is 0 Å². The Kier molecular flexibility index (Phi) is 4.59. The quantitative estimate of drug-likeness (QED) is 0.906. The van der Waals surface area contributed by atoms with Crippen LogP contribution in [-0.2, 0) is 0 Å². The zero-order valence-corrected chi connectivity index (χ0v) is 13.7. The van der Waals surface area contributed by atoms with Crippen molar-refractivity contribution in [2.45, 2.75) is 32.2 Å². The van der Waals surface area contributed by atoms with Crippen molar-refractivity contribution in [1.82, 2.24) is 4.90 Å². The molecule has 1 heterocycles.